The lowest BCUT2D eigenvalue weighted by atomic mass is 10.0. The summed E-state index contributed by atoms with van der Waals surface area (Å²) in [5.74, 6) is 3.87. The highest BCUT2D eigenvalue weighted by Crippen LogP contribution is 2.30. The number of hydrogen-bond donors (Lipinski definition) is 4. The second-order valence-corrected chi connectivity index (χ2v) is 10.4. The van der Waals surface area contributed by atoms with Gasteiger partial charge >= 0.3 is 11.9 Å². The van der Waals surface area contributed by atoms with Crippen molar-refractivity contribution >= 4 is 23.5 Å². The van der Waals surface area contributed by atoms with Crippen LogP contribution in [-0.4, -0.2) is 53.0 Å². The number of ether oxygens (including phenoxy) is 2. The van der Waals surface area contributed by atoms with Gasteiger partial charge in [-0.3, -0.25) is 0 Å². The Morgan fingerprint density at radius 3 is 1.66 bits per heavy atom. The topological polar surface area (TPSA) is 176 Å². The highest BCUT2D eigenvalue weighted by atomic mass is 35.5. The maximum atomic E-state index is 14.8. The van der Waals surface area contributed by atoms with E-state index < -0.39 is 52.2 Å². The first-order valence-electron chi connectivity index (χ1n) is 13.9. The van der Waals surface area contributed by atoms with E-state index in [2.05, 4.69) is 54.5 Å². The first kappa shape index (κ1) is 32.8. The van der Waals surface area contributed by atoms with Gasteiger partial charge in [-0.05, 0) is 41.5 Å². The molecule has 0 aliphatic rings. The average molecular weight is 697 g/mol. The molecule has 6 aromatic rings. The van der Waals surface area contributed by atoms with Crippen LogP contribution in [0.3, 0.4) is 0 Å². The molecule has 4 N–H and O–H groups in total. The van der Waals surface area contributed by atoms with E-state index in [1.807, 2.05) is 0 Å². The fraction of sp³-hybridized carbons (Fsp3) is 0. The fourth-order valence-electron chi connectivity index (χ4n) is 4.35. The van der Waals surface area contributed by atoms with Crippen LogP contribution in [0.5, 0.6) is 23.3 Å². The van der Waals surface area contributed by atoms with Crippen LogP contribution in [0.15, 0.2) is 72.8 Å². The van der Waals surface area contributed by atoms with Crippen molar-refractivity contribution in [2.24, 2.45) is 0 Å². The summed E-state index contributed by atoms with van der Waals surface area (Å²) in [6.07, 6.45) is 0. The molecular formula is C34H16ClF3N6O6. The van der Waals surface area contributed by atoms with E-state index in [0.29, 0.717) is 16.7 Å². The zero-order valence-corrected chi connectivity index (χ0v) is 25.5. The van der Waals surface area contributed by atoms with Gasteiger partial charge in [-0.15, -0.1) is 0 Å². The van der Waals surface area contributed by atoms with Crippen LogP contribution in [0.1, 0.15) is 43.2 Å². The molecule has 16 heteroatoms. The maximum absolute atomic E-state index is 14.8. The van der Waals surface area contributed by atoms with Crippen molar-refractivity contribution in [2.75, 3.05) is 0 Å². The molecule has 6 rings (SSSR count). The Labute approximate surface area is 283 Å². The van der Waals surface area contributed by atoms with Crippen LogP contribution in [0.25, 0.3) is 11.1 Å². The second kappa shape index (κ2) is 13.9. The van der Waals surface area contributed by atoms with Gasteiger partial charge in [-0.2, -0.15) is 0 Å². The van der Waals surface area contributed by atoms with Gasteiger partial charge in [0.2, 0.25) is 11.4 Å². The number of nitrogens with zero attached hydrogens (tertiary/aromatic N) is 4. The summed E-state index contributed by atoms with van der Waals surface area (Å²) in [5, 5.41) is 36.0. The molecule has 0 saturated heterocycles. The molecule has 4 aromatic carbocycles. The van der Waals surface area contributed by atoms with Gasteiger partial charge in [0.25, 0.3) is 11.8 Å². The Bertz CT molecular complexity index is 2420. The summed E-state index contributed by atoms with van der Waals surface area (Å²) in [4.78, 5) is 22.5. The Morgan fingerprint density at radius 1 is 0.660 bits per heavy atom. The molecule has 0 atom stereocenters. The third kappa shape index (κ3) is 7.23. The molecule has 0 radical (unpaired) electrons. The average Bonchev–Trinajstić information content (AvgIpc) is 3.75. The number of aromatic carboxylic acids is 2. The van der Waals surface area contributed by atoms with E-state index in [1.54, 1.807) is 48.5 Å². The number of carboxylic acids is 2. The van der Waals surface area contributed by atoms with Crippen LogP contribution >= 0.6 is 11.6 Å². The normalized spacial score (nSPS) is 10.4. The van der Waals surface area contributed by atoms with E-state index in [4.69, 9.17) is 26.2 Å². The fourth-order valence-corrected chi connectivity index (χ4v) is 4.51. The van der Waals surface area contributed by atoms with Gasteiger partial charge < -0.3 is 19.7 Å². The van der Waals surface area contributed by atoms with E-state index >= 15 is 0 Å². The summed E-state index contributed by atoms with van der Waals surface area (Å²) < 4.78 is 54.8. The predicted octanol–water partition coefficient (Wildman–Crippen LogP) is 6.44. The molecule has 2 heterocycles. The van der Waals surface area contributed by atoms with Crippen LogP contribution in [-0.2, 0) is 0 Å². The van der Waals surface area contributed by atoms with Crippen LogP contribution < -0.4 is 9.47 Å². The lowest BCUT2D eigenvalue weighted by molar-refractivity contribution is 0.0676. The summed E-state index contributed by atoms with van der Waals surface area (Å²) in [6, 6.07) is 17.8. The quantitative estimate of drug-likeness (QED) is 0.136. The van der Waals surface area contributed by atoms with Crippen LogP contribution in [0.2, 0.25) is 5.02 Å². The number of halogens is 4. The molecule has 0 spiro atoms. The van der Waals surface area contributed by atoms with Gasteiger partial charge in [-0.25, -0.2) is 33.0 Å². The molecule has 0 fully saturated rings. The Hall–Kier alpha value is -7.10. The zero-order chi connectivity index (χ0) is 35.4. The first-order valence-corrected chi connectivity index (χ1v) is 14.3. The highest BCUT2D eigenvalue weighted by Gasteiger charge is 2.20. The number of H-pyrrole nitrogens is 2. The molecule has 0 aliphatic heterocycles. The molecule has 0 bridgehead atoms. The Balaban J connectivity index is 1.22. The van der Waals surface area contributed by atoms with Crippen LogP contribution in [0, 0.1) is 41.1 Å². The number of carboxylic acid groups (broad SMARTS) is 2. The molecular weight excluding hydrogens is 681 g/mol. The molecule has 0 unspecified atom stereocenters. The van der Waals surface area contributed by atoms with E-state index in [-0.39, 0.29) is 28.0 Å². The zero-order valence-electron chi connectivity index (χ0n) is 24.8. The van der Waals surface area contributed by atoms with Crippen molar-refractivity contribution in [2.45, 2.75) is 0 Å². The Kier molecular flexibility index (Phi) is 9.15. The lowest BCUT2D eigenvalue weighted by Crippen LogP contribution is -2.00. The molecule has 2 aromatic heterocycles. The van der Waals surface area contributed by atoms with Gasteiger partial charge in [0, 0.05) is 29.3 Å². The van der Waals surface area contributed by atoms with Crippen molar-refractivity contribution in [3.8, 4) is 58.1 Å². The maximum Gasteiger partial charge on any atom is 0.359 e. The number of aromatic nitrogens is 6. The third-order valence-corrected chi connectivity index (χ3v) is 7.02. The summed E-state index contributed by atoms with van der Waals surface area (Å²) in [5.41, 5.74) is 0.984. The van der Waals surface area contributed by atoms with Crippen LogP contribution in [0.4, 0.5) is 13.2 Å². The predicted molar refractivity (Wildman–Crippen MR) is 168 cm³/mol. The number of nitrogens with one attached hydrogen (secondary N) is 2. The molecule has 12 nitrogen and oxygen atoms in total. The SMILES string of the molecule is O=C(O)c1[nH]nnc1Oc1cc(F)c(C#Cc2cccc(-c3cccc(C#Cc4cc(Oc5nn[nH]c5C(=O)O)cc(F)c4Cl)c3)c2)c(F)c1. The monoisotopic (exact) mass is 696 g/mol. The number of carbonyl (C=O) groups is 2. The number of benzene rings is 4. The minimum atomic E-state index is -1.42. The summed E-state index contributed by atoms with van der Waals surface area (Å²) in [7, 11) is 0. The van der Waals surface area contributed by atoms with Crippen molar-refractivity contribution in [1.29, 1.82) is 0 Å². The van der Waals surface area contributed by atoms with E-state index in [9.17, 15) is 27.9 Å². The largest absolute Gasteiger partial charge is 0.476 e. The smallest absolute Gasteiger partial charge is 0.359 e. The van der Waals surface area contributed by atoms with Crippen molar-refractivity contribution < 1.29 is 42.4 Å². The summed E-state index contributed by atoms with van der Waals surface area (Å²) >= 11 is 6.13. The van der Waals surface area contributed by atoms with Crippen molar-refractivity contribution in [3.63, 3.8) is 0 Å². The second-order valence-electron chi connectivity index (χ2n) is 9.99. The van der Waals surface area contributed by atoms with Gasteiger partial charge in [0.15, 0.2) is 0 Å². The van der Waals surface area contributed by atoms with Crippen molar-refractivity contribution in [3.05, 3.63) is 129 Å². The van der Waals surface area contributed by atoms with Gasteiger partial charge in [0.1, 0.15) is 29.0 Å². The molecule has 0 aliphatic carbocycles. The van der Waals surface area contributed by atoms with E-state index in [0.717, 1.165) is 23.8 Å². The molecule has 50 heavy (non-hydrogen) atoms. The number of rotatable bonds is 7. The lowest BCUT2D eigenvalue weighted by Gasteiger charge is -2.06. The first-order chi connectivity index (χ1) is 24.0. The van der Waals surface area contributed by atoms with Gasteiger partial charge in [-0.1, -0.05) is 80.2 Å². The molecule has 246 valence electrons. The number of aromatic amines is 2. The minimum Gasteiger partial charge on any atom is -0.476 e. The highest BCUT2D eigenvalue weighted by molar-refractivity contribution is 6.32. The standard InChI is InChI=1S/C34H16ClF3N6O6/c35-28-21(13-22(16-27(28)38)49-31-29(33(45)46)39-43-41-31)9-7-17-3-1-5-19(11-17)20-6-2-4-18(12-20)8-10-24-25(36)14-23(15-26(24)37)50-32-30(34(47)48)40-44-42-32/h1-6,11-16H,(H,45,46)(H,47,48)(H,39,41,43)(H,40,42,44). The van der Waals surface area contributed by atoms with Crippen molar-refractivity contribution in [1.82, 2.24) is 30.8 Å². The number of hydrogen-bond acceptors (Lipinski definition) is 8. The van der Waals surface area contributed by atoms with E-state index in [1.165, 1.54) is 6.07 Å². The van der Waals surface area contributed by atoms with Gasteiger partial charge in [0.05, 0.1) is 16.1 Å². The summed E-state index contributed by atoms with van der Waals surface area (Å²) in [6.45, 7) is 0. The minimum absolute atomic E-state index is 0.0620. The Morgan fingerprint density at radius 2 is 1.14 bits per heavy atom. The third-order valence-electron chi connectivity index (χ3n) is 6.64. The molecule has 0 amide bonds. The molecule has 0 saturated carbocycles.